The Bertz CT molecular complexity index is 384. The van der Waals surface area contributed by atoms with Crippen LogP contribution in [0, 0.1) is 5.92 Å². The SMILES string of the molecule is CC1CCCC1Nc1snc(N)c1C1CC1. The molecule has 88 valence electrons. The fourth-order valence-electron chi connectivity index (χ4n) is 2.71. The van der Waals surface area contributed by atoms with E-state index in [0.717, 1.165) is 11.7 Å². The number of aromatic nitrogens is 1. The zero-order valence-electron chi connectivity index (χ0n) is 9.70. The molecule has 0 aliphatic heterocycles. The van der Waals surface area contributed by atoms with Gasteiger partial charge in [0.1, 0.15) is 10.8 Å². The van der Waals surface area contributed by atoms with Crippen LogP contribution in [-0.2, 0) is 0 Å². The first kappa shape index (κ1) is 10.4. The van der Waals surface area contributed by atoms with Crippen molar-refractivity contribution in [1.29, 1.82) is 0 Å². The number of anilines is 2. The first-order chi connectivity index (χ1) is 7.75. The molecule has 0 amide bonds. The van der Waals surface area contributed by atoms with Crippen LogP contribution in [0.2, 0.25) is 0 Å². The van der Waals surface area contributed by atoms with Gasteiger partial charge in [0.25, 0.3) is 0 Å². The minimum absolute atomic E-state index is 0.636. The van der Waals surface area contributed by atoms with E-state index in [2.05, 4.69) is 16.6 Å². The highest BCUT2D eigenvalue weighted by molar-refractivity contribution is 7.10. The zero-order valence-corrected chi connectivity index (χ0v) is 10.5. The number of nitrogen functional groups attached to an aromatic ring is 1. The van der Waals surface area contributed by atoms with Gasteiger partial charge in [-0.2, -0.15) is 4.37 Å². The predicted octanol–water partition coefficient (Wildman–Crippen LogP) is 3.20. The van der Waals surface area contributed by atoms with Crippen molar-refractivity contribution >= 4 is 22.4 Å². The highest BCUT2D eigenvalue weighted by atomic mass is 32.1. The molecule has 2 saturated carbocycles. The van der Waals surface area contributed by atoms with Crippen LogP contribution in [0.3, 0.4) is 0 Å². The third-order valence-corrected chi connectivity index (χ3v) is 4.73. The molecule has 2 atom stereocenters. The third-order valence-electron chi connectivity index (χ3n) is 3.92. The van der Waals surface area contributed by atoms with Gasteiger partial charge in [-0.15, -0.1) is 0 Å². The molecule has 0 bridgehead atoms. The number of hydrogen-bond donors (Lipinski definition) is 2. The fourth-order valence-corrected chi connectivity index (χ4v) is 3.57. The summed E-state index contributed by atoms with van der Waals surface area (Å²) in [4.78, 5) is 0. The smallest absolute Gasteiger partial charge is 0.142 e. The minimum Gasteiger partial charge on any atom is -0.383 e. The van der Waals surface area contributed by atoms with Crippen molar-refractivity contribution < 1.29 is 0 Å². The van der Waals surface area contributed by atoms with Crippen molar-refractivity contribution in [2.45, 2.75) is 51.0 Å². The molecule has 16 heavy (non-hydrogen) atoms. The van der Waals surface area contributed by atoms with Crippen molar-refractivity contribution in [2.75, 3.05) is 11.1 Å². The number of hydrogen-bond acceptors (Lipinski definition) is 4. The summed E-state index contributed by atoms with van der Waals surface area (Å²) in [5, 5.41) is 4.93. The molecule has 1 aromatic heterocycles. The van der Waals surface area contributed by atoms with Crippen molar-refractivity contribution in [3.63, 3.8) is 0 Å². The molecule has 2 aliphatic carbocycles. The van der Waals surface area contributed by atoms with E-state index in [-0.39, 0.29) is 0 Å². The minimum atomic E-state index is 0.636. The third kappa shape index (κ3) is 1.79. The van der Waals surface area contributed by atoms with Crippen molar-refractivity contribution in [2.24, 2.45) is 5.92 Å². The molecule has 0 saturated heterocycles. The molecular weight excluding hydrogens is 218 g/mol. The van der Waals surface area contributed by atoms with Crippen LogP contribution in [0.5, 0.6) is 0 Å². The lowest BCUT2D eigenvalue weighted by Crippen LogP contribution is -2.21. The van der Waals surface area contributed by atoms with E-state index in [9.17, 15) is 0 Å². The first-order valence-corrected chi connectivity index (χ1v) is 7.04. The molecule has 4 heteroatoms. The Balaban J connectivity index is 1.78. The molecule has 0 aromatic carbocycles. The maximum absolute atomic E-state index is 5.95. The Labute approximate surface area is 101 Å². The largest absolute Gasteiger partial charge is 0.383 e. The maximum Gasteiger partial charge on any atom is 0.142 e. The van der Waals surface area contributed by atoms with E-state index >= 15 is 0 Å². The first-order valence-electron chi connectivity index (χ1n) is 6.27. The Kier molecular flexibility index (Phi) is 2.54. The Morgan fingerprint density at radius 3 is 2.75 bits per heavy atom. The highest BCUT2D eigenvalue weighted by Crippen LogP contribution is 2.48. The molecule has 3 nitrogen and oxygen atoms in total. The summed E-state index contributed by atoms with van der Waals surface area (Å²) in [6.07, 6.45) is 6.58. The lowest BCUT2D eigenvalue weighted by Gasteiger charge is -2.18. The Morgan fingerprint density at radius 2 is 2.12 bits per heavy atom. The van der Waals surface area contributed by atoms with Crippen molar-refractivity contribution in [3.8, 4) is 0 Å². The molecule has 0 radical (unpaired) electrons. The standard InChI is InChI=1S/C12H19N3S/c1-7-3-2-4-9(7)14-12-10(8-5-6-8)11(13)15-16-12/h7-9,14H,2-6H2,1H3,(H2,13,15). The van der Waals surface area contributed by atoms with Crippen LogP contribution in [-0.4, -0.2) is 10.4 Å². The lowest BCUT2D eigenvalue weighted by molar-refractivity contribution is 0.557. The summed E-state index contributed by atoms with van der Waals surface area (Å²) < 4.78 is 4.30. The van der Waals surface area contributed by atoms with E-state index in [1.54, 1.807) is 11.5 Å². The highest BCUT2D eigenvalue weighted by Gasteiger charge is 2.32. The van der Waals surface area contributed by atoms with Gasteiger partial charge < -0.3 is 11.1 Å². The van der Waals surface area contributed by atoms with Crippen LogP contribution in [0.15, 0.2) is 0 Å². The van der Waals surface area contributed by atoms with Gasteiger partial charge in [-0.3, -0.25) is 0 Å². The lowest BCUT2D eigenvalue weighted by atomic mass is 10.1. The molecule has 1 aromatic rings. The van der Waals surface area contributed by atoms with Crippen LogP contribution >= 0.6 is 11.5 Å². The van der Waals surface area contributed by atoms with Gasteiger partial charge in [-0.25, -0.2) is 0 Å². The van der Waals surface area contributed by atoms with Crippen molar-refractivity contribution in [1.82, 2.24) is 4.37 Å². The van der Waals surface area contributed by atoms with Crippen LogP contribution in [0.25, 0.3) is 0 Å². The normalized spacial score (nSPS) is 29.6. The van der Waals surface area contributed by atoms with E-state index in [1.807, 2.05) is 0 Å². The Hall–Kier alpha value is -0.770. The monoisotopic (exact) mass is 237 g/mol. The van der Waals surface area contributed by atoms with Crippen LogP contribution in [0.1, 0.15) is 50.5 Å². The van der Waals surface area contributed by atoms with Gasteiger partial charge in [0.15, 0.2) is 0 Å². The molecule has 2 aliphatic rings. The van der Waals surface area contributed by atoms with E-state index in [0.29, 0.717) is 12.0 Å². The van der Waals surface area contributed by atoms with Gasteiger partial charge in [0, 0.05) is 11.6 Å². The summed E-state index contributed by atoms with van der Waals surface area (Å²) in [7, 11) is 0. The zero-order chi connectivity index (χ0) is 11.1. The molecule has 0 spiro atoms. The second kappa shape index (κ2) is 3.91. The maximum atomic E-state index is 5.95. The molecule has 3 rings (SSSR count). The number of nitrogens with two attached hydrogens (primary N) is 1. The molecule has 3 N–H and O–H groups in total. The average molecular weight is 237 g/mol. The predicted molar refractivity (Wildman–Crippen MR) is 68.9 cm³/mol. The molecule has 2 unspecified atom stereocenters. The van der Waals surface area contributed by atoms with Gasteiger partial charge in [-0.05, 0) is 49.1 Å². The average Bonchev–Trinajstić information content (AvgIpc) is 2.92. The quantitative estimate of drug-likeness (QED) is 0.848. The second-order valence-corrected chi connectivity index (χ2v) is 6.02. The molecule has 1 heterocycles. The van der Waals surface area contributed by atoms with Gasteiger partial charge in [0.2, 0.25) is 0 Å². The van der Waals surface area contributed by atoms with Gasteiger partial charge >= 0.3 is 0 Å². The number of nitrogens with zero attached hydrogens (tertiary/aromatic N) is 1. The van der Waals surface area contributed by atoms with Gasteiger partial charge in [-0.1, -0.05) is 13.3 Å². The Morgan fingerprint density at radius 1 is 1.31 bits per heavy atom. The van der Waals surface area contributed by atoms with Crippen LogP contribution in [0.4, 0.5) is 10.8 Å². The summed E-state index contributed by atoms with van der Waals surface area (Å²) in [5.74, 6) is 2.24. The van der Waals surface area contributed by atoms with E-state index < -0.39 is 0 Å². The van der Waals surface area contributed by atoms with Crippen molar-refractivity contribution in [3.05, 3.63) is 5.56 Å². The molecular formula is C12H19N3S. The summed E-state index contributed by atoms with van der Waals surface area (Å²) >= 11 is 1.55. The fraction of sp³-hybridized carbons (Fsp3) is 0.750. The van der Waals surface area contributed by atoms with E-state index in [4.69, 9.17) is 5.73 Å². The number of nitrogens with one attached hydrogen (secondary N) is 1. The van der Waals surface area contributed by atoms with Crippen LogP contribution < -0.4 is 11.1 Å². The van der Waals surface area contributed by atoms with Gasteiger partial charge in [0.05, 0.1) is 0 Å². The number of rotatable bonds is 3. The summed E-state index contributed by atoms with van der Waals surface area (Å²) in [5.41, 5.74) is 7.26. The van der Waals surface area contributed by atoms with E-state index in [1.165, 1.54) is 42.7 Å². The summed E-state index contributed by atoms with van der Waals surface area (Å²) in [6, 6.07) is 0.636. The molecule has 2 fully saturated rings. The topological polar surface area (TPSA) is 50.9 Å². The second-order valence-electron chi connectivity index (χ2n) is 5.24. The summed E-state index contributed by atoms with van der Waals surface area (Å²) in [6.45, 7) is 2.34.